The molecule has 0 unspecified atom stereocenters. The molecule has 0 spiro atoms. The van der Waals surface area contributed by atoms with Gasteiger partial charge in [-0.05, 0) is 24.3 Å². The summed E-state index contributed by atoms with van der Waals surface area (Å²) in [4.78, 5) is 42.1. The molecule has 0 aliphatic carbocycles. The molecule has 0 saturated heterocycles. The maximum Gasteiger partial charge on any atom is 0.275 e. The number of H-pyrrole nitrogens is 1. The van der Waals surface area contributed by atoms with Gasteiger partial charge in [-0.1, -0.05) is 12.1 Å². The zero-order valence-corrected chi connectivity index (χ0v) is 11.3. The van der Waals surface area contributed by atoms with Crippen LogP contribution in [0.2, 0.25) is 0 Å². The van der Waals surface area contributed by atoms with Crippen LogP contribution in [0.5, 0.6) is 0 Å². The van der Waals surface area contributed by atoms with Gasteiger partial charge in [-0.15, -0.1) is 0 Å². The maximum absolute atomic E-state index is 12.2. The van der Waals surface area contributed by atoms with Crippen molar-refractivity contribution in [2.24, 2.45) is 0 Å². The molecule has 6 heteroatoms. The normalized spacial score (nSPS) is 10.4. The molecule has 0 bridgehead atoms. The molecular weight excluding hydrogens is 284 g/mol. The van der Waals surface area contributed by atoms with E-state index in [4.69, 9.17) is 4.42 Å². The maximum atomic E-state index is 12.2. The van der Waals surface area contributed by atoms with E-state index >= 15 is 0 Å². The number of hydrogen-bond donors (Lipinski definition) is 1. The van der Waals surface area contributed by atoms with E-state index in [1.807, 2.05) is 0 Å². The molecule has 0 atom stereocenters. The van der Waals surface area contributed by atoms with Crippen molar-refractivity contribution in [2.45, 2.75) is 6.42 Å². The van der Waals surface area contributed by atoms with Gasteiger partial charge >= 0.3 is 0 Å². The van der Waals surface area contributed by atoms with Gasteiger partial charge in [0.2, 0.25) is 0 Å². The Labute approximate surface area is 124 Å². The third-order valence-electron chi connectivity index (χ3n) is 3.13. The predicted octanol–water partition coefficient (Wildman–Crippen LogP) is 1.54. The van der Waals surface area contributed by atoms with Crippen molar-refractivity contribution in [3.63, 3.8) is 0 Å². The number of rotatable bonds is 4. The number of allylic oxidation sites excluding steroid dienone is 1. The molecule has 22 heavy (non-hydrogen) atoms. The Hall–Kier alpha value is -3.24. The first kappa shape index (κ1) is 13.7. The summed E-state index contributed by atoms with van der Waals surface area (Å²) < 4.78 is 5.06. The first-order chi connectivity index (χ1) is 10.7. The number of carbonyl (C=O) groups is 1. The van der Waals surface area contributed by atoms with Gasteiger partial charge in [0.1, 0.15) is 17.3 Å². The van der Waals surface area contributed by atoms with Crippen LogP contribution in [0.15, 0.2) is 51.9 Å². The number of hydrogen-bond acceptors (Lipinski definition) is 5. The number of furan rings is 1. The number of fused-ring (bicyclic) bond motifs is 1. The number of nitrogens with zero attached hydrogens (tertiary/aromatic N) is 1. The third kappa shape index (κ3) is 2.51. The second kappa shape index (κ2) is 5.63. The molecule has 0 aliphatic rings. The smallest absolute Gasteiger partial charge is 0.275 e. The average Bonchev–Trinajstić information content (AvgIpc) is 3.01. The second-order valence-electron chi connectivity index (χ2n) is 4.59. The zero-order chi connectivity index (χ0) is 15.5. The van der Waals surface area contributed by atoms with Crippen molar-refractivity contribution >= 4 is 28.3 Å². The number of para-hydroxylation sites is 2. The minimum atomic E-state index is -0.607. The van der Waals surface area contributed by atoms with Gasteiger partial charge in [0.05, 0.1) is 23.7 Å². The van der Waals surface area contributed by atoms with Gasteiger partial charge < -0.3 is 9.40 Å². The van der Waals surface area contributed by atoms with Crippen LogP contribution in [-0.4, -0.2) is 21.7 Å². The van der Waals surface area contributed by atoms with Crippen molar-refractivity contribution in [3.05, 3.63) is 64.5 Å². The molecule has 1 aromatic carbocycles. The Balaban J connectivity index is 2.04. The lowest BCUT2D eigenvalue weighted by molar-refractivity contribution is -0.113. The standard InChI is InChI=1S/C16H10N2O4/c19-9-11(14(20)8-10-4-3-7-22-10)15-16(21)18-13-6-2-1-5-12(13)17-15/h1-7H,8H2,(H,18,21). The van der Waals surface area contributed by atoms with E-state index < -0.39 is 11.3 Å². The number of aromatic amines is 1. The first-order valence-corrected chi connectivity index (χ1v) is 6.49. The van der Waals surface area contributed by atoms with Gasteiger partial charge in [0.25, 0.3) is 5.56 Å². The lowest BCUT2D eigenvalue weighted by Crippen LogP contribution is -2.19. The van der Waals surface area contributed by atoms with E-state index in [1.165, 1.54) is 12.2 Å². The summed E-state index contributed by atoms with van der Waals surface area (Å²) in [5, 5.41) is 0. The molecule has 0 amide bonds. The fourth-order valence-corrected chi connectivity index (χ4v) is 2.10. The third-order valence-corrected chi connectivity index (χ3v) is 3.13. The van der Waals surface area contributed by atoms with E-state index in [2.05, 4.69) is 9.97 Å². The van der Waals surface area contributed by atoms with Crippen molar-refractivity contribution in [2.75, 3.05) is 0 Å². The van der Waals surface area contributed by atoms with Gasteiger partial charge in [-0.3, -0.25) is 9.59 Å². The van der Waals surface area contributed by atoms with Crippen LogP contribution in [0.1, 0.15) is 11.5 Å². The molecule has 108 valence electrons. The fourth-order valence-electron chi connectivity index (χ4n) is 2.10. The largest absolute Gasteiger partial charge is 0.469 e. The number of ketones is 1. The highest BCUT2D eigenvalue weighted by Crippen LogP contribution is 2.13. The lowest BCUT2D eigenvalue weighted by Gasteiger charge is -2.03. The summed E-state index contributed by atoms with van der Waals surface area (Å²) in [6, 6.07) is 10.1. The molecule has 0 saturated carbocycles. The Morgan fingerprint density at radius 1 is 1.23 bits per heavy atom. The molecule has 2 heterocycles. The van der Waals surface area contributed by atoms with Crippen LogP contribution >= 0.6 is 0 Å². The number of aromatic nitrogens is 2. The minimum Gasteiger partial charge on any atom is -0.469 e. The van der Waals surface area contributed by atoms with E-state index in [-0.39, 0.29) is 17.7 Å². The topological polar surface area (TPSA) is 93.0 Å². The average molecular weight is 294 g/mol. The highest BCUT2D eigenvalue weighted by molar-refractivity contribution is 6.28. The van der Waals surface area contributed by atoms with Crippen molar-refractivity contribution < 1.29 is 14.0 Å². The van der Waals surface area contributed by atoms with Crippen molar-refractivity contribution in [1.29, 1.82) is 0 Å². The van der Waals surface area contributed by atoms with Gasteiger partial charge in [-0.2, -0.15) is 0 Å². The van der Waals surface area contributed by atoms with E-state index in [1.54, 1.807) is 36.4 Å². The Bertz CT molecular complexity index is 948. The second-order valence-corrected chi connectivity index (χ2v) is 4.59. The molecule has 6 nitrogen and oxygen atoms in total. The number of nitrogens with one attached hydrogen (secondary N) is 1. The predicted molar refractivity (Wildman–Crippen MR) is 78.9 cm³/mol. The molecule has 0 radical (unpaired) electrons. The summed E-state index contributed by atoms with van der Waals surface area (Å²) in [6.07, 6.45) is 1.29. The Morgan fingerprint density at radius 2 is 2.05 bits per heavy atom. The SMILES string of the molecule is O=C=C(C(=O)Cc1ccco1)c1nc2ccccc2[nH]c1=O. The summed E-state index contributed by atoms with van der Waals surface area (Å²) in [5.41, 5.74) is -0.214. The molecular formula is C16H10N2O4. The van der Waals surface area contributed by atoms with Crippen molar-refractivity contribution in [3.8, 4) is 0 Å². The highest BCUT2D eigenvalue weighted by Gasteiger charge is 2.20. The van der Waals surface area contributed by atoms with Crippen LogP contribution in [0.25, 0.3) is 16.6 Å². The number of Topliss-reactive ketones (excluding diaryl/α,β-unsaturated/α-hetero) is 1. The van der Waals surface area contributed by atoms with Gasteiger partial charge in [0, 0.05) is 0 Å². The molecule has 0 aliphatic heterocycles. The minimum absolute atomic E-state index is 0.133. The molecule has 1 N–H and O–H groups in total. The first-order valence-electron chi connectivity index (χ1n) is 6.49. The van der Waals surface area contributed by atoms with Gasteiger partial charge in [0.15, 0.2) is 11.5 Å². The summed E-state index contributed by atoms with van der Waals surface area (Å²) in [5.74, 6) is 1.36. The Morgan fingerprint density at radius 3 is 2.77 bits per heavy atom. The quantitative estimate of drug-likeness (QED) is 0.582. The summed E-state index contributed by atoms with van der Waals surface area (Å²) >= 11 is 0. The molecule has 3 rings (SSSR count). The summed E-state index contributed by atoms with van der Waals surface area (Å²) in [6.45, 7) is 0. The van der Waals surface area contributed by atoms with Crippen LogP contribution in [0.4, 0.5) is 0 Å². The Kier molecular flexibility index (Phi) is 3.52. The monoisotopic (exact) mass is 294 g/mol. The molecule has 0 fully saturated rings. The van der Waals surface area contributed by atoms with E-state index in [0.29, 0.717) is 16.8 Å². The lowest BCUT2D eigenvalue weighted by atomic mass is 10.1. The highest BCUT2D eigenvalue weighted by atomic mass is 16.3. The molecule has 3 aromatic rings. The molecule has 2 aromatic heterocycles. The number of benzene rings is 1. The van der Waals surface area contributed by atoms with Crippen molar-refractivity contribution in [1.82, 2.24) is 9.97 Å². The van der Waals surface area contributed by atoms with Crippen LogP contribution in [0.3, 0.4) is 0 Å². The number of carbonyl (C=O) groups excluding carboxylic acids is 2. The van der Waals surface area contributed by atoms with Crippen LogP contribution in [0, 0.1) is 0 Å². The zero-order valence-electron chi connectivity index (χ0n) is 11.3. The van der Waals surface area contributed by atoms with E-state index in [9.17, 15) is 14.4 Å². The van der Waals surface area contributed by atoms with Gasteiger partial charge in [-0.25, -0.2) is 9.78 Å². The van der Waals surface area contributed by atoms with Crippen LogP contribution in [-0.2, 0) is 16.0 Å². The summed E-state index contributed by atoms with van der Waals surface area (Å²) in [7, 11) is 0. The fraction of sp³-hybridized carbons (Fsp3) is 0.0625. The van der Waals surface area contributed by atoms with E-state index in [0.717, 1.165) is 0 Å². The van der Waals surface area contributed by atoms with Crippen LogP contribution < -0.4 is 5.56 Å².